The smallest absolute Gasteiger partial charge is 0.327 e. The Labute approximate surface area is 176 Å². The minimum Gasteiger partial charge on any atom is -0.480 e. The van der Waals surface area contributed by atoms with Crippen molar-refractivity contribution in [2.75, 3.05) is 32.7 Å². The number of piperazine rings is 1. The van der Waals surface area contributed by atoms with Crippen LogP contribution in [0, 0.1) is 5.92 Å². The summed E-state index contributed by atoms with van der Waals surface area (Å²) >= 11 is 0. The second-order valence-electron chi connectivity index (χ2n) is 8.17. The van der Waals surface area contributed by atoms with Crippen LogP contribution in [-0.2, 0) is 9.59 Å². The lowest BCUT2D eigenvalue weighted by atomic mass is 9.96. The number of nitrogens with two attached hydrogens (primary N) is 2. The van der Waals surface area contributed by atoms with E-state index in [0.29, 0.717) is 25.8 Å². The van der Waals surface area contributed by atoms with Gasteiger partial charge in [-0.15, -0.1) is 0 Å². The van der Waals surface area contributed by atoms with Crippen molar-refractivity contribution in [2.24, 2.45) is 22.4 Å². The third-order valence-corrected chi connectivity index (χ3v) is 4.47. The number of carbonyl (C=O) groups is 4. The summed E-state index contributed by atoms with van der Waals surface area (Å²) in [5, 5.41) is 14.8. The first kappa shape index (κ1) is 25.0. The fraction of sp³-hybridized carbons (Fsp3) is 0.722. The summed E-state index contributed by atoms with van der Waals surface area (Å²) in [6.07, 6.45) is 1.12. The van der Waals surface area contributed by atoms with Gasteiger partial charge in [0.1, 0.15) is 12.3 Å². The zero-order valence-electron chi connectivity index (χ0n) is 17.8. The number of carboxylic acids is 1. The first-order valence-corrected chi connectivity index (χ1v) is 9.80. The maximum atomic E-state index is 12.5. The summed E-state index contributed by atoms with van der Waals surface area (Å²) in [5.41, 5.74) is 10.1. The predicted molar refractivity (Wildman–Crippen MR) is 111 cm³/mol. The topological polar surface area (TPSA) is 183 Å². The normalized spacial score (nSPS) is 16.2. The average molecular weight is 428 g/mol. The molecule has 0 aromatic carbocycles. The number of carbonyl (C=O) groups excluding carboxylic acids is 3. The molecule has 12 nitrogen and oxygen atoms in total. The van der Waals surface area contributed by atoms with Crippen LogP contribution in [0.2, 0.25) is 0 Å². The molecule has 0 spiro atoms. The minimum absolute atomic E-state index is 0.0870. The van der Waals surface area contributed by atoms with Gasteiger partial charge in [-0.05, 0) is 33.6 Å². The van der Waals surface area contributed by atoms with Gasteiger partial charge in [0.15, 0.2) is 5.96 Å². The van der Waals surface area contributed by atoms with Gasteiger partial charge in [0.05, 0.1) is 0 Å². The molecule has 1 rings (SSSR count). The molecule has 0 aromatic heterocycles. The monoisotopic (exact) mass is 427 g/mol. The molecule has 0 aromatic rings. The highest BCUT2D eigenvalue weighted by molar-refractivity contribution is 5.85. The Kier molecular flexibility index (Phi) is 9.34. The Morgan fingerprint density at radius 2 is 1.63 bits per heavy atom. The summed E-state index contributed by atoms with van der Waals surface area (Å²) in [5.74, 6) is -2.30. The van der Waals surface area contributed by atoms with E-state index in [4.69, 9.17) is 11.5 Å². The quantitative estimate of drug-likeness (QED) is 0.144. The summed E-state index contributed by atoms with van der Waals surface area (Å²) in [6, 6.07) is -2.17. The van der Waals surface area contributed by atoms with E-state index in [0.717, 1.165) is 0 Å². The van der Waals surface area contributed by atoms with Gasteiger partial charge in [0, 0.05) is 44.2 Å². The molecule has 1 aliphatic heterocycles. The van der Waals surface area contributed by atoms with Gasteiger partial charge < -0.3 is 41.8 Å². The summed E-state index contributed by atoms with van der Waals surface area (Å²) in [4.78, 5) is 54.6. The number of aliphatic carboxylic acids is 1. The van der Waals surface area contributed by atoms with Crippen LogP contribution in [0.1, 0.15) is 33.6 Å². The molecule has 30 heavy (non-hydrogen) atoms. The fourth-order valence-electron chi connectivity index (χ4n) is 2.94. The van der Waals surface area contributed by atoms with Crippen molar-refractivity contribution in [1.29, 1.82) is 0 Å². The van der Waals surface area contributed by atoms with E-state index in [-0.39, 0.29) is 43.6 Å². The van der Waals surface area contributed by atoms with Gasteiger partial charge in [-0.2, -0.15) is 0 Å². The molecule has 1 fully saturated rings. The average Bonchev–Trinajstić information content (AvgIpc) is 2.65. The molecule has 0 aliphatic carbocycles. The number of nitrogens with one attached hydrogen (secondary N) is 2. The number of hydrogen-bond donors (Lipinski definition) is 5. The number of rotatable bonds is 8. The molecule has 0 unspecified atom stereocenters. The number of guanidine groups is 1. The minimum atomic E-state index is -1.36. The van der Waals surface area contributed by atoms with Crippen LogP contribution in [0.5, 0.6) is 0 Å². The van der Waals surface area contributed by atoms with E-state index in [9.17, 15) is 24.3 Å². The van der Waals surface area contributed by atoms with Crippen LogP contribution in [0.25, 0.3) is 0 Å². The standard InChI is InChI=1S/C18H33N7O5/c1-18(2,3)23-17(30)25-9-7-24(8-10-25)16(29)22-13(14(27)28)12(11-26)5-4-6-21-15(19)20/h11-13H,4-10H2,1-3H3,(H,22,29)(H,23,30)(H,27,28)(H4,19,20,21)/t12-,13+/m0/s1. The number of hydrogen-bond acceptors (Lipinski definition) is 5. The number of urea groups is 2. The van der Waals surface area contributed by atoms with Crippen molar-refractivity contribution in [1.82, 2.24) is 20.4 Å². The van der Waals surface area contributed by atoms with Crippen molar-refractivity contribution in [2.45, 2.75) is 45.2 Å². The molecular formula is C18H33N7O5. The summed E-state index contributed by atoms with van der Waals surface area (Å²) in [6.45, 7) is 7.04. The van der Waals surface area contributed by atoms with Crippen molar-refractivity contribution >= 4 is 30.3 Å². The lowest BCUT2D eigenvalue weighted by molar-refractivity contribution is -0.142. The van der Waals surface area contributed by atoms with E-state index in [2.05, 4.69) is 15.6 Å². The van der Waals surface area contributed by atoms with E-state index in [1.165, 1.54) is 4.90 Å². The molecule has 7 N–H and O–H groups in total. The number of nitrogens with zero attached hydrogens (tertiary/aromatic N) is 3. The van der Waals surface area contributed by atoms with Crippen molar-refractivity contribution in [3.63, 3.8) is 0 Å². The second-order valence-corrected chi connectivity index (χ2v) is 8.17. The molecule has 0 saturated carbocycles. The first-order chi connectivity index (χ1) is 13.9. The Balaban J connectivity index is 2.61. The van der Waals surface area contributed by atoms with E-state index >= 15 is 0 Å². The Hall–Kier alpha value is -3.05. The molecule has 4 amide bonds. The van der Waals surface area contributed by atoms with Crippen molar-refractivity contribution in [3.8, 4) is 0 Å². The number of aldehydes is 1. The third kappa shape index (κ3) is 8.53. The van der Waals surface area contributed by atoms with Gasteiger partial charge in [0.2, 0.25) is 0 Å². The molecular weight excluding hydrogens is 394 g/mol. The van der Waals surface area contributed by atoms with Gasteiger partial charge in [-0.1, -0.05) is 0 Å². The zero-order chi connectivity index (χ0) is 22.9. The zero-order valence-corrected chi connectivity index (χ0v) is 17.8. The van der Waals surface area contributed by atoms with Crippen LogP contribution >= 0.6 is 0 Å². The van der Waals surface area contributed by atoms with Crippen molar-refractivity contribution < 1.29 is 24.3 Å². The molecule has 0 radical (unpaired) electrons. The Bertz CT molecular complexity index is 650. The largest absolute Gasteiger partial charge is 0.480 e. The summed E-state index contributed by atoms with van der Waals surface area (Å²) < 4.78 is 0. The maximum Gasteiger partial charge on any atom is 0.327 e. The number of carboxylic acid groups (broad SMARTS) is 1. The molecule has 1 heterocycles. The second kappa shape index (κ2) is 11.2. The molecule has 12 heteroatoms. The highest BCUT2D eigenvalue weighted by Crippen LogP contribution is 2.12. The number of amides is 4. The molecule has 2 atom stereocenters. The Morgan fingerprint density at radius 1 is 1.10 bits per heavy atom. The van der Waals surface area contributed by atoms with Crippen molar-refractivity contribution in [3.05, 3.63) is 0 Å². The van der Waals surface area contributed by atoms with Gasteiger partial charge in [0.25, 0.3) is 0 Å². The van der Waals surface area contributed by atoms with Gasteiger partial charge >= 0.3 is 18.0 Å². The van der Waals surface area contributed by atoms with Crippen LogP contribution < -0.4 is 22.1 Å². The van der Waals surface area contributed by atoms with E-state index in [1.807, 2.05) is 20.8 Å². The molecule has 0 bridgehead atoms. The first-order valence-electron chi connectivity index (χ1n) is 9.80. The maximum absolute atomic E-state index is 12.5. The lowest BCUT2D eigenvalue weighted by Gasteiger charge is -2.36. The number of aliphatic imine (C=N–C) groups is 1. The molecule has 1 saturated heterocycles. The van der Waals surface area contributed by atoms with Crippen LogP contribution in [0.15, 0.2) is 4.99 Å². The predicted octanol–water partition coefficient (Wildman–Crippen LogP) is -0.856. The van der Waals surface area contributed by atoms with Gasteiger partial charge in [-0.25, -0.2) is 14.4 Å². The third-order valence-electron chi connectivity index (χ3n) is 4.47. The summed E-state index contributed by atoms with van der Waals surface area (Å²) in [7, 11) is 0. The van der Waals surface area contributed by atoms with Gasteiger partial charge in [-0.3, -0.25) is 4.99 Å². The van der Waals surface area contributed by atoms with Crippen LogP contribution in [0.4, 0.5) is 9.59 Å². The molecule has 170 valence electrons. The van der Waals surface area contributed by atoms with E-state index in [1.54, 1.807) is 4.90 Å². The van der Waals surface area contributed by atoms with Crippen LogP contribution in [0.3, 0.4) is 0 Å². The highest BCUT2D eigenvalue weighted by atomic mass is 16.4. The highest BCUT2D eigenvalue weighted by Gasteiger charge is 2.32. The van der Waals surface area contributed by atoms with Crippen LogP contribution in [-0.4, -0.2) is 89.5 Å². The molecule has 1 aliphatic rings. The Morgan fingerprint density at radius 3 is 2.07 bits per heavy atom. The lowest BCUT2D eigenvalue weighted by Crippen LogP contribution is -2.59. The SMILES string of the molecule is CC(C)(C)NC(=O)N1CCN(C(=O)N[C@@H](C(=O)O)[C@H](C=O)CCCN=C(N)N)CC1. The fourth-order valence-corrected chi connectivity index (χ4v) is 2.94. The van der Waals surface area contributed by atoms with E-state index < -0.39 is 24.0 Å².